The van der Waals surface area contributed by atoms with Gasteiger partial charge in [0.25, 0.3) is 0 Å². The van der Waals surface area contributed by atoms with Crippen LogP contribution in [0.1, 0.15) is 54.5 Å². The van der Waals surface area contributed by atoms with Gasteiger partial charge in [-0.25, -0.2) is 4.79 Å². The quantitative estimate of drug-likeness (QED) is 0.340. The third-order valence-electron chi connectivity index (χ3n) is 7.81. The van der Waals surface area contributed by atoms with Crippen molar-refractivity contribution in [2.75, 3.05) is 35.5 Å². The van der Waals surface area contributed by atoms with Crippen LogP contribution in [-0.4, -0.2) is 63.3 Å². The van der Waals surface area contributed by atoms with Gasteiger partial charge >= 0.3 is 11.9 Å². The average Bonchev–Trinajstić information content (AvgIpc) is 3.00. The molecule has 3 aromatic carbocycles. The van der Waals surface area contributed by atoms with E-state index in [4.69, 9.17) is 33.2 Å². The third-order valence-corrected chi connectivity index (χ3v) is 7.81. The second-order valence-electron chi connectivity index (χ2n) is 10.2. The number of ether oxygens (including phenoxy) is 7. The fourth-order valence-corrected chi connectivity index (χ4v) is 5.53. The van der Waals surface area contributed by atoms with Gasteiger partial charge in [0, 0.05) is 35.1 Å². The first-order valence-electron chi connectivity index (χ1n) is 13.4. The zero-order valence-corrected chi connectivity index (χ0v) is 25.3. The molecule has 4 atom stereocenters. The fourth-order valence-electron chi connectivity index (χ4n) is 5.53. The molecule has 0 amide bonds. The number of rotatable bonds is 8. The molecule has 230 valence electrons. The molecule has 0 heterocycles. The maximum Gasteiger partial charge on any atom is 0.338 e. The lowest BCUT2D eigenvalue weighted by Crippen LogP contribution is -2.46. The topological polar surface area (TPSA) is 139 Å². The number of phenols is 1. The number of aromatic hydroxyl groups is 1. The number of hydrogen-bond donors (Lipinski definition) is 2. The highest BCUT2D eigenvalue weighted by molar-refractivity contribution is 5.91. The number of aliphatic hydroxyl groups is 1. The molecule has 0 bridgehead atoms. The Morgan fingerprint density at radius 1 is 0.767 bits per heavy atom. The lowest BCUT2D eigenvalue weighted by Gasteiger charge is -2.43. The van der Waals surface area contributed by atoms with Crippen molar-refractivity contribution in [3.05, 3.63) is 59.2 Å². The van der Waals surface area contributed by atoms with E-state index in [1.54, 1.807) is 43.3 Å². The Hall–Kier alpha value is -4.64. The molecule has 11 nitrogen and oxygen atoms in total. The van der Waals surface area contributed by atoms with Crippen LogP contribution in [0.15, 0.2) is 42.5 Å². The molecule has 1 aliphatic carbocycles. The fraction of sp³-hybridized carbons (Fsp3) is 0.375. The smallest absolute Gasteiger partial charge is 0.338 e. The summed E-state index contributed by atoms with van der Waals surface area (Å²) in [5.41, 5.74) is -0.856. The van der Waals surface area contributed by atoms with Crippen LogP contribution in [-0.2, 0) is 14.3 Å². The first kappa shape index (κ1) is 31.3. The predicted molar refractivity (Wildman–Crippen MR) is 155 cm³/mol. The highest BCUT2D eigenvalue weighted by Gasteiger charge is 2.51. The first-order valence-corrected chi connectivity index (χ1v) is 13.4. The van der Waals surface area contributed by atoms with Crippen LogP contribution in [0.2, 0.25) is 0 Å². The molecular weight excluding hydrogens is 560 g/mol. The molecule has 0 saturated carbocycles. The molecule has 2 N–H and O–H groups in total. The summed E-state index contributed by atoms with van der Waals surface area (Å²) in [6.07, 6.45) is -2.57. The van der Waals surface area contributed by atoms with Crippen LogP contribution >= 0.6 is 0 Å². The molecule has 0 spiro atoms. The zero-order valence-electron chi connectivity index (χ0n) is 25.3. The zero-order chi connectivity index (χ0) is 31.6. The molecule has 43 heavy (non-hydrogen) atoms. The van der Waals surface area contributed by atoms with E-state index in [1.165, 1.54) is 55.5 Å². The summed E-state index contributed by atoms with van der Waals surface area (Å²) in [4.78, 5) is 26.0. The van der Waals surface area contributed by atoms with E-state index in [-0.39, 0.29) is 51.0 Å². The van der Waals surface area contributed by atoms with Crippen molar-refractivity contribution >= 4 is 11.9 Å². The van der Waals surface area contributed by atoms with Gasteiger partial charge in [-0.2, -0.15) is 0 Å². The Kier molecular flexibility index (Phi) is 8.96. The lowest BCUT2D eigenvalue weighted by atomic mass is 9.71. The Balaban J connectivity index is 2.21. The second kappa shape index (κ2) is 12.3. The summed E-state index contributed by atoms with van der Waals surface area (Å²) < 4.78 is 40.0. The van der Waals surface area contributed by atoms with E-state index in [1.807, 2.05) is 0 Å². The minimum atomic E-state index is -1.90. The molecule has 3 aromatic rings. The molecule has 0 fully saturated rings. The first-order chi connectivity index (χ1) is 20.5. The van der Waals surface area contributed by atoms with E-state index in [9.17, 15) is 19.8 Å². The maximum absolute atomic E-state index is 13.5. The summed E-state index contributed by atoms with van der Waals surface area (Å²) >= 11 is 0. The number of fused-ring (bicyclic) bond motifs is 3. The minimum absolute atomic E-state index is 0.0329. The van der Waals surface area contributed by atoms with Crippen molar-refractivity contribution in [2.24, 2.45) is 5.92 Å². The molecule has 0 unspecified atom stereocenters. The van der Waals surface area contributed by atoms with Gasteiger partial charge in [0.1, 0.15) is 11.7 Å². The molecule has 0 aliphatic heterocycles. The summed E-state index contributed by atoms with van der Waals surface area (Å²) in [6, 6.07) is 11.4. The van der Waals surface area contributed by atoms with Crippen LogP contribution in [0.5, 0.6) is 34.5 Å². The van der Waals surface area contributed by atoms with E-state index >= 15 is 0 Å². The minimum Gasteiger partial charge on any atom is -0.504 e. The predicted octanol–water partition coefficient (Wildman–Crippen LogP) is 5.01. The van der Waals surface area contributed by atoms with Crippen molar-refractivity contribution in [1.29, 1.82) is 0 Å². The summed E-state index contributed by atoms with van der Waals surface area (Å²) in [5.74, 6) is -2.05. The van der Waals surface area contributed by atoms with Gasteiger partial charge in [-0.15, -0.1) is 0 Å². The molecule has 4 rings (SSSR count). The lowest BCUT2D eigenvalue weighted by molar-refractivity contribution is -0.166. The van der Waals surface area contributed by atoms with E-state index in [2.05, 4.69) is 0 Å². The van der Waals surface area contributed by atoms with Crippen LogP contribution in [0.4, 0.5) is 0 Å². The van der Waals surface area contributed by atoms with Crippen LogP contribution in [0, 0.1) is 5.92 Å². The number of methoxy groups -OCH3 is 5. The van der Waals surface area contributed by atoms with Gasteiger partial charge in [0.2, 0.25) is 11.5 Å². The normalized spacial score (nSPS) is 20.8. The van der Waals surface area contributed by atoms with Crippen molar-refractivity contribution in [1.82, 2.24) is 0 Å². The number of benzene rings is 3. The van der Waals surface area contributed by atoms with Gasteiger partial charge in [-0.05, 0) is 31.2 Å². The summed E-state index contributed by atoms with van der Waals surface area (Å²) in [7, 11) is 7.00. The monoisotopic (exact) mass is 596 g/mol. The van der Waals surface area contributed by atoms with E-state index in [0.29, 0.717) is 5.56 Å². The standard InChI is InChI=1S/C32H36O11/c1-16-26(42-17(2)33)19-14-22(38-5)28(40-7)29(41-8)24(19)23-20(15-21(37-4)27(39-6)25(23)34)30(32(16,3)36)43-31(35)18-12-10-9-11-13-18/h9-16,26,30,34,36H,1-8H3/t16-,26+,30-,32-/m0/s1. The number of hydrogen-bond acceptors (Lipinski definition) is 11. The molecule has 0 aromatic heterocycles. The van der Waals surface area contributed by atoms with Crippen molar-refractivity contribution < 1.29 is 53.0 Å². The Morgan fingerprint density at radius 2 is 1.33 bits per heavy atom. The number of esters is 2. The molecule has 0 saturated heterocycles. The van der Waals surface area contributed by atoms with Gasteiger partial charge in [0.15, 0.2) is 29.1 Å². The number of phenolic OH excluding ortho intramolecular Hbond substituents is 1. The van der Waals surface area contributed by atoms with Crippen LogP contribution in [0.25, 0.3) is 11.1 Å². The van der Waals surface area contributed by atoms with Gasteiger partial charge in [0.05, 0.1) is 41.1 Å². The Labute approximate surface area is 249 Å². The molecule has 0 radical (unpaired) electrons. The Bertz CT molecular complexity index is 1510. The maximum atomic E-state index is 13.5. The van der Waals surface area contributed by atoms with Gasteiger partial charge in [-0.1, -0.05) is 25.1 Å². The van der Waals surface area contributed by atoms with E-state index in [0.717, 1.165) is 0 Å². The highest BCUT2D eigenvalue weighted by Crippen LogP contribution is 2.60. The Morgan fingerprint density at radius 3 is 1.86 bits per heavy atom. The third kappa shape index (κ3) is 5.36. The van der Waals surface area contributed by atoms with Crippen molar-refractivity contribution in [3.8, 4) is 45.6 Å². The second-order valence-corrected chi connectivity index (χ2v) is 10.2. The van der Waals surface area contributed by atoms with Gasteiger partial charge < -0.3 is 43.4 Å². The largest absolute Gasteiger partial charge is 0.504 e. The molecular formula is C32H36O11. The average molecular weight is 597 g/mol. The summed E-state index contributed by atoms with van der Waals surface area (Å²) in [6.45, 7) is 4.37. The van der Waals surface area contributed by atoms with Crippen molar-refractivity contribution in [3.63, 3.8) is 0 Å². The number of carbonyl (C=O) groups excluding carboxylic acids is 2. The molecule has 11 heteroatoms. The van der Waals surface area contributed by atoms with Gasteiger partial charge in [-0.3, -0.25) is 4.79 Å². The highest BCUT2D eigenvalue weighted by atomic mass is 16.6. The number of carbonyl (C=O) groups is 2. The van der Waals surface area contributed by atoms with Crippen LogP contribution in [0.3, 0.4) is 0 Å². The van der Waals surface area contributed by atoms with Crippen LogP contribution < -0.4 is 23.7 Å². The summed E-state index contributed by atoms with van der Waals surface area (Å²) in [5, 5.41) is 24.1. The molecule has 1 aliphatic rings. The van der Waals surface area contributed by atoms with E-state index < -0.39 is 41.4 Å². The van der Waals surface area contributed by atoms with Crippen molar-refractivity contribution in [2.45, 2.75) is 38.6 Å². The SMILES string of the molecule is COc1cc2c(c(O)c1OC)-c1c(cc(OC)c(OC)c1OC)[C@H](OC(C)=O)[C@H](C)[C@](C)(O)[C@H]2OC(=O)c1ccccc1.